The van der Waals surface area contributed by atoms with Crippen molar-refractivity contribution >= 4 is 28.4 Å². The van der Waals surface area contributed by atoms with E-state index in [1.165, 1.54) is 10.7 Å². The van der Waals surface area contributed by atoms with Crippen LogP contribution in [0, 0.1) is 12.8 Å². The molecule has 0 spiro atoms. The van der Waals surface area contributed by atoms with Crippen molar-refractivity contribution in [3.05, 3.63) is 63.2 Å². The van der Waals surface area contributed by atoms with Crippen LogP contribution in [0.1, 0.15) is 16.2 Å². The second kappa shape index (κ2) is 6.04. The Hall–Kier alpha value is -2.60. The predicted molar refractivity (Wildman–Crippen MR) is 95.9 cm³/mol. The topological polar surface area (TPSA) is 71.0 Å². The van der Waals surface area contributed by atoms with Crippen molar-refractivity contribution in [2.45, 2.75) is 13.5 Å². The van der Waals surface area contributed by atoms with Gasteiger partial charge in [0.1, 0.15) is 5.69 Å². The van der Waals surface area contributed by atoms with E-state index in [2.05, 4.69) is 10.1 Å². The van der Waals surface area contributed by atoms with Crippen LogP contribution in [-0.2, 0) is 6.54 Å². The minimum atomic E-state index is -0.108. The molecule has 1 aliphatic heterocycles. The van der Waals surface area contributed by atoms with Crippen LogP contribution in [0.4, 0.5) is 0 Å². The van der Waals surface area contributed by atoms with E-state index in [1.54, 1.807) is 17.0 Å². The standard InChI is InChI=1S/C18H17ClN4O2/c1-11-2-5-17(24)23(21-11)10-12-8-22(9-12)18(25)16-7-13-6-14(19)3-4-15(13)20-16/h2-7,12,20H,8-10H2,1H3. The van der Waals surface area contributed by atoms with E-state index in [1.807, 2.05) is 25.1 Å². The Labute approximate surface area is 149 Å². The van der Waals surface area contributed by atoms with E-state index < -0.39 is 0 Å². The maximum Gasteiger partial charge on any atom is 0.270 e. The monoisotopic (exact) mass is 356 g/mol. The van der Waals surface area contributed by atoms with Gasteiger partial charge in [0.2, 0.25) is 0 Å². The number of carbonyl (C=O) groups excluding carboxylic acids is 1. The third-order valence-corrected chi connectivity index (χ3v) is 4.72. The molecular formula is C18H17ClN4O2. The van der Waals surface area contributed by atoms with E-state index in [-0.39, 0.29) is 17.4 Å². The summed E-state index contributed by atoms with van der Waals surface area (Å²) >= 11 is 5.99. The largest absolute Gasteiger partial charge is 0.351 e. The number of benzene rings is 1. The van der Waals surface area contributed by atoms with Crippen molar-refractivity contribution in [2.24, 2.45) is 5.92 Å². The molecule has 0 bridgehead atoms. The Morgan fingerprint density at radius 1 is 1.28 bits per heavy atom. The second-order valence-corrected chi connectivity index (χ2v) is 6.92. The van der Waals surface area contributed by atoms with Crippen LogP contribution < -0.4 is 5.56 Å². The van der Waals surface area contributed by atoms with Crippen LogP contribution in [0.5, 0.6) is 0 Å². The molecule has 0 atom stereocenters. The van der Waals surface area contributed by atoms with E-state index in [9.17, 15) is 9.59 Å². The van der Waals surface area contributed by atoms with Gasteiger partial charge in [-0.3, -0.25) is 9.59 Å². The van der Waals surface area contributed by atoms with E-state index in [0.29, 0.717) is 30.4 Å². The van der Waals surface area contributed by atoms with E-state index in [0.717, 1.165) is 16.6 Å². The SMILES string of the molecule is Cc1ccc(=O)n(CC2CN(C(=O)c3cc4cc(Cl)ccc4[nH]3)C2)n1. The lowest BCUT2D eigenvalue weighted by atomic mass is 9.99. The molecule has 3 heterocycles. The molecule has 1 N–H and O–H groups in total. The number of aromatic nitrogens is 3. The summed E-state index contributed by atoms with van der Waals surface area (Å²) in [6.45, 7) is 3.63. The normalized spacial score (nSPS) is 14.7. The Bertz CT molecular complexity index is 1020. The summed E-state index contributed by atoms with van der Waals surface area (Å²) in [5.74, 6) is 0.211. The lowest BCUT2D eigenvalue weighted by molar-refractivity contribution is 0.0453. The number of nitrogens with one attached hydrogen (secondary N) is 1. The first-order chi connectivity index (χ1) is 12.0. The highest BCUT2D eigenvalue weighted by atomic mass is 35.5. The van der Waals surface area contributed by atoms with Crippen molar-refractivity contribution in [1.82, 2.24) is 19.7 Å². The van der Waals surface area contributed by atoms with Crippen LogP contribution in [0.3, 0.4) is 0 Å². The maximum absolute atomic E-state index is 12.6. The number of aromatic amines is 1. The summed E-state index contributed by atoms with van der Waals surface area (Å²) in [5, 5.41) is 5.81. The predicted octanol–water partition coefficient (Wildman–Crippen LogP) is 2.46. The molecule has 3 aromatic rings. The zero-order valence-corrected chi connectivity index (χ0v) is 14.5. The molecule has 1 aromatic carbocycles. The number of aryl methyl sites for hydroxylation is 1. The van der Waals surface area contributed by atoms with E-state index in [4.69, 9.17) is 11.6 Å². The number of hydrogen-bond donors (Lipinski definition) is 1. The van der Waals surface area contributed by atoms with Crippen LogP contribution >= 0.6 is 11.6 Å². The van der Waals surface area contributed by atoms with Gasteiger partial charge in [0.05, 0.1) is 12.2 Å². The summed E-state index contributed by atoms with van der Waals surface area (Å²) in [4.78, 5) is 29.3. The third-order valence-electron chi connectivity index (χ3n) is 4.49. The van der Waals surface area contributed by atoms with Gasteiger partial charge in [0.15, 0.2) is 0 Å². The van der Waals surface area contributed by atoms with Crippen LogP contribution in [0.25, 0.3) is 10.9 Å². The third kappa shape index (κ3) is 3.05. The van der Waals surface area contributed by atoms with Gasteiger partial charge in [0.25, 0.3) is 11.5 Å². The molecule has 0 unspecified atom stereocenters. The van der Waals surface area contributed by atoms with E-state index >= 15 is 0 Å². The van der Waals surface area contributed by atoms with Gasteiger partial charge < -0.3 is 9.88 Å². The molecule has 4 rings (SSSR count). The first kappa shape index (κ1) is 15.9. The number of fused-ring (bicyclic) bond motifs is 1. The minimum absolute atomic E-state index is 0.0341. The van der Waals surface area contributed by atoms with Gasteiger partial charge in [-0.15, -0.1) is 0 Å². The fourth-order valence-corrected chi connectivity index (χ4v) is 3.35. The van der Waals surface area contributed by atoms with Crippen LogP contribution in [0.2, 0.25) is 5.02 Å². The van der Waals surface area contributed by atoms with Gasteiger partial charge in [-0.1, -0.05) is 11.6 Å². The molecule has 6 nitrogen and oxygen atoms in total. The highest BCUT2D eigenvalue weighted by Crippen LogP contribution is 2.24. The zero-order chi connectivity index (χ0) is 17.6. The molecular weight excluding hydrogens is 340 g/mol. The summed E-state index contributed by atoms with van der Waals surface area (Å²) in [6, 6.07) is 10.5. The molecule has 1 fully saturated rings. The Morgan fingerprint density at radius 3 is 2.88 bits per heavy atom. The van der Waals surface area contributed by atoms with Gasteiger partial charge in [-0.25, -0.2) is 4.68 Å². The number of amides is 1. The number of H-pyrrole nitrogens is 1. The first-order valence-electron chi connectivity index (χ1n) is 8.12. The number of nitrogens with zero attached hydrogens (tertiary/aromatic N) is 3. The van der Waals surface area contributed by atoms with Crippen LogP contribution in [-0.4, -0.2) is 38.7 Å². The summed E-state index contributed by atoms with van der Waals surface area (Å²) in [6.07, 6.45) is 0. The van der Waals surface area contributed by atoms with Crippen molar-refractivity contribution in [3.8, 4) is 0 Å². The first-order valence-corrected chi connectivity index (χ1v) is 8.50. The second-order valence-electron chi connectivity index (χ2n) is 6.49. The number of rotatable bonds is 3. The zero-order valence-electron chi connectivity index (χ0n) is 13.7. The quantitative estimate of drug-likeness (QED) is 0.783. The van der Waals surface area contributed by atoms with Crippen LogP contribution in [0.15, 0.2) is 41.2 Å². The maximum atomic E-state index is 12.6. The number of likely N-dealkylation sites (tertiary alicyclic amines) is 1. The minimum Gasteiger partial charge on any atom is -0.351 e. The number of carbonyl (C=O) groups is 1. The van der Waals surface area contributed by atoms with Gasteiger partial charge >= 0.3 is 0 Å². The smallest absolute Gasteiger partial charge is 0.270 e. The Morgan fingerprint density at radius 2 is 2.08 bits per heavy atom. The summed E-state index contributed by atoms with van der Waals surface area (Å²) in [5.41, 5.74) is 2.15. The van der Waals surface area contributed by atoms with Crippen molar-refractivity contribution in [2.75, 3.05) is 13.1 Å². The van der Waals surface area contributed by atoms with Crippen molar-refractivity contribution in [3.63, 3.8) is 0 Å². The number of halogens is 1. The fraction of sp³-hybridized carbons (Fsp3) is 0.278. The average molecular weight is 357 g/mol. The Balaban J connectivity index is 1.43. The van der Waals surface area contributed by atoms with Gasteiger partial charge in [0, 0.05) is 41.0 Å². The molecule has 128 valence electrons. The highest BCUT2D eigenvalue weighted by Gasteiger charge is 2.32. The Kier molecular flexibility index (Phi) is 3.84. The lowest BCUT2D eigenvalue weighted by Gasteiger charge is -2.39. The molecule has 0 radical (unpaired) electrons. The summed E-state index contributed by atoms with van der Waals surface area (Å²) in [7, 11) is 0. The molecule has 7 heteroatoms. The van der Waals surface area contributed by atoms with Gasteiger partial charge in [-0.2, -0.15) is 5.10 Å². The fourth-order valence-electron chi connectivity index (χ4n) is 3.17. The molecule has 1 amide bonds. The molecule has 1 saturated heterocycles. The molecule has 1 aliphatic rings. The lowest BCUT2D eigenvalue weighted by Crippen LogP contribution is -2.52. The van der Waals surface area contributed by atoms with Crippen molar-refractivity contribution < 1.29 is 4.79 Å². The molecule has 0 saturated carbocycles. The highest BCUT2D eigenvalue weighted by molar-refractivity contribution is 6.31. The van der Waals surface area contributed by atoms with Crippen molar-refractivity contribution in [1.29, 1.82) is 0 Å². The molecule has 0 aliphatic carbocycles. The average Bonchev–Trinajstić information content (AvgIpc) is 2.96. The molecule has 25 heavy (non-hydrogen) atoms. The molecule has 2 aromatic heterocycles. The number of hydrogen-bond acceptors (Lipinski definition) is 3. The summed E-state index contributed by atoms with van der Waals surface area (Å²) < 4.78 is 1.48. The van der Waals surface area contributed by atoms with Gasteiger partial charge in [-0.05, 0) is 37.3 Å².